The van der Waals surface area contributed by atoms with Gasteiger partial charge in [0.15, 0.2) is 0 Å². The predicted molar refractivity (Wildman–Crippen MR) is 73.9 cm³/mol. The summed E-state index contributed by atoms with van der Waals surface area (Å²) in [6.07, 6.45) is 2.07. The first-order valence-electron chi connectivity index (χ1n) is 5.67. The van der Waals surface area contributed by atoms with Crippen LogP contribution in [0.25, 0.3) is 0 Å². The Bertz CT molecular complexity index is 346. The van der Waals surface area contributed by atoms with E-state index in [2.05, 4.69) is 44.7 Å². The van der Waals surface area contributed by atoms with Crippen LogP contribution in [0, 0.1) is 6.92 Å². The predicted octanol–water partition coefficient (Wildman–Crippen LogP) is 3.77. The molecule has 0 heterocycles. The van der Waals surface area contributed by atoms with E-state index in [9.17, 15) is 0 Å². The van der Waals surface area contributed by atoms with Crippen molar-refractivity contribution in [2.45, 2.75) is 37.6 Å². The summed E-state index contributed by atoms with van der Waals surface area (Å²) >= 11 is 1.84. The molecule has 0 aliphatic rings. The number of thioether (sulfide) groups is 1. The number of allylic oxidation sites excluding steroid dienone is 1. The summed E-state index contributed by atoms with van der Waals surface area (Å²) in [6, 6.07) is 8.82. The summed E-state index contributed by atoms with van der Waals surface area (Å²) in [5.74, 6) is 0.983. The minimum Gasteiger partial charge on any atom is -0.327 e. The summed E-state index contributed by atoms with van der Waals surface area (Å²) < 4.78 is 0. The van der Waals surface area contributed by atoms with Crippen LogP contribution in [-0.2, 0) is 0 Å². The van der Waals surface area contributed by atoms with Crippen molar-refractivity contribution in [3.63, 3.8) is 0 Å². The molecule has 0 bridgehead atoms. The Morgan fingerprint density at radius 2 is 2.25 bits per heavy atom. The molecule has 0 aliphatic carbocycles. The van der Waals surface area contributed by atoms with Gasteiger partial charge in [0.2, 0.25) is 0 Å². The van der Waals surface area contributed by atoms with Crippen LogP contribution in [0.4, 0.5) is 0 Å². The monoisotopic (exact) mass is 235 g/mol. The SMILES string of the molecule is C=C(C)CCC(N)CSc1cccc(C)c1. The quantitative estimate of drug-likeness (QED) is 0.600. The molecule has 0 spiro atoms. The van der Waals surface area contributed by atoms with Gasteiger partial charge in [-0.3, -0.25) is 0 Å². The largest absolute Gasteiger partial charge is 0.327 e. The molecule has 1 nitrogen and oxygen atoms in total. The molecule has 1 aromatic rings. The fourth-order valence-electron chi connectivity index (χ4n) is 1.42. The van der Waals surface area contributed by atoms with Gasteiger partial charge in [-0.1, -0.05) is 23.3 Å². The molecule has 0 saturated carbocycles. The lowest BCUT2D eigenvalue weighted by molar-refractivity contribution is 0.672. The van der Waals surface area contributed by atoms with Crippen LogP contribution in [0.2, 0.25) is 0 Å². The average molecular weight is 235 g/mol. The second-order valence-corrected chi connectivity index (χ2v) is 5.48. The number of aryl methyl sites for hydroxylation is 1. The highest BCUT2D eigenvalue weighted by Crippen LogP contribution is 2.20. The van der Waals surface area contributed by atoms with Gasteiger partial charge in [0, 0.05) is 16.7 Å². The maximum Gasteiger partial charge on any atom is 0.0137 e. The van der Waals surface area contributed by atoms with Crippen LogP contribution in [0.3, 0.4) is 0 Å². The third kappa shape index (κ3) is 5.38. The van der Waals surface area contributed by atoms with Gasteiger partial charge in [0.1, 0.15) is 0 Å². The Labute approximate surface area is 103 Å². The lowest BCUT2D eigenvalue weighted by Gasteiger charge is -2.11. The molecular formula is C14H21NS. The molecule has 0 radical (unpaired) electrons. The second kappa shape index (κ2) is 6.77. The Morgan fingerprint density at radius 3 is 2.88 bits per heavy atom. The van der Waals surface area contributed by atoms with E-state index in [0.29, 0.717) is 0 Å². The number of hydrogen-bond donors (Lipinski definition) is 1. The van der Waals surface area contributed by atoms with Crippen molar-refractivity contribution in [3.8, 4) is 0 Å². The minimum absolute atomic E-state index is 0.266. The van der Waals surface area contributed by atoms with Gasteiger partial charge < -0.3 is 5.73 Å². The van der Waals surface area contributed by atoms with Crippen molar-refractivity contribution in [2.24, 2.45) is 5.73 Å². The minimum atomic E-state index is 0.266. The van der Waals surface area contributed by atoms with E-state index in [-0.39, 0.29) is 6.04 Å². The normalized spacial score (nSPS) is 12.4. The van der Waals surface area contributed by atoms with E-state index in [1.54, 1.807) is 0 Å². The van der Waals surface area contributed by atoms with Crippen LogP contribution >= 0.6 is 11.8 Å². The van der Waals surface area contributed by atoms with Crippen LogP contribution in [0.5, 0.6) is 0 Å². The van der Waals surface area contributed by atoms with Gasteiger partial charge in [-0.2, -0.15) is 0 Å². The molecule has 0 amide bonds. The van der Waals surface area contributed by atoms with Gasteiger partial charge in [0.25, 0.3) is 0 Å². The lowest BCUT2D eigenvalue weighted by atomic mass is 10.1. The molecule has 2 heteroatoms. The third-order valence-electron chi connectivity index (χ3n) is 2.40. The van der Waals surface area contributed by atoms with Crippen LogP contribution in [-0.4, -0.2) is 11.8 Å². The van der Waals surface area contributed by atoms with E-state index in [1.807, 2.05) is 11.8 Å². The number of hydrogen-bond acceptors (Lipinski definition) is 2. The Hall–Kier alpha value is -0.730. The van der Waals surface area contributed by atoms with Gasteiger partial charge >= 0.3 is 0 Å². The van der Waals surface area contributed by atoms with Crippen LogP contribution in [0.15, 0.2) is 41.3 Å². The zero-order valence-electron chi connectivity index (χ0n) is 10.2. The second-order valence-electron chi connectivity index (χ2n) is 4.38. The smallest absolute Gasteiger partial charge is 0.0137 e. The molecule has 0 aromatic heterocycles. The highest BCUT2D eigenvalue weighted by atomic mass is 32.2. The first-order chi connectivity index (χ1) is 7.58. The molecule has 0 fully saturated rings. The van der Waals surface area contributed by atoms with Gasteiger partial charge in [-0.05, 0) is 38.8 Å². The van der Waals surface area contributed by atoms with Gasteiger partial charge in [-0.15, -0.1) is 18.3 Å². The summed E-state index contributed by atoms with van der Waals surface area (Å²) in [7, 11) is 0. The Morgan fingerprint density at radius 1 is 1.50 bits per heavy atom. The fraction of sp³-hybridized carbons (Fsp3) is 0.429. The number of rotatable bonds is 6. The summed E-state index contributed by atoms with van der Waals surface area (Å²) in [6.45, 7) is 8.07. The molecule has 1 atom stereocenters. The summed E-state index contributed by atoms with van der Waals surface area (Å²) in [5, 5.41) is 0. The van der Waals surface area contributed by atoms with Crippen LogP contribution in [0.1, 0.15) is 25.3 Å². The fourth-order valence-corrected chi connectivity index (χ4v) is 2.44. The van der Waals surface area contributed by atoms with Crippen molar-refractivity contribution in [1.82, 2.24) is 0 Å². The molecule has 1 rings (SSSR count). The highest BCUT2D eigenvalue weighted by Gasteiger charge is 2.03. The first kappa shape index (κ1) is 13.3. The molecule has 88 valence electrons. The topological polar surface area (TPSA) is 26.0 Å². The zero-order chi connectivity index (χ0) is 12.0. The molecule has 0 saturated heterocycles. The maximum atomic E-state index is 6.05. The standard InChI is InChI=1S/C14H21NS/c1-11(2)7-8-13(15)10-16-14-6-4-5-12(3)9-14/h4-6,9,13H,1,7-8,10,15H2,2-3H3. The Kier molecular flexibility index (Phi) is 5.64. The number of benzene rings is 1. The number of nitrogens with two attached hydrogens (primary N) is 1. The van der Waals surface area contributed by atoms with Crippen molar-refractivity contribution < 1.29 is 0 Å². The van der Waals surface area contributed by atoms with Crippen molar-refractivity contribution in [2.75, 3.05) is 5.75 Å². The molecule has 1 aromatic carbocycles. The summed E-state index contributed by atoms with van der Waals surface area (Å²) in [4.78, 5) is 1.31. The van der Waals surface area contributed by atoms with E-state index in [4.69, 9.17) is 5.73 Å². The Balaban J connectivity index is 2.31. The molecule has 0 aliphatic heterocycles. The lowest BCUT2D eigenvalue weighted by Crippen LogP contribution is -2.22. The van der Waals surface area contributed by atoms with E-state index >= 15 is 0 Å². The van der Waals surface area contributed by atoms with Crippen molar-refractivity contribution >= 4 is 11.8 Å². The average Bonchev–Trinajstić information content (AvgIpc) is 2.23. The summed E-state index contributed by atoms with van der Waals surface area (Å²) in [5.41, 5.74) is 8.57. The zero-order valence-corrected chi connectivity index (χ0v) is 11.0. The van der Waals surface area contributed by atoms with E-state index in [0.717, 1.165) is 18.6 Å². The van der Waals surface area contributed by atoms with Gasteiger partial charge in [0.05, 0.1) is 0 Å². The third-order valence-corrected chi connectivity index (χ3v) is 3.58. The van der Waals surface area contributed by atoms with E-state index < -0.39 is 0 Å². The molecule has 2 N–H and O–H groups in total. The van der Waals surface area contributed by atoms with Crippen molar-refractivity contribution in [1.29, 1.82) is 0 Å². The van der Waals surface area contributed by atoms with Gasteiger partial charge in [-0.25, -0.2) is 0 Å². The molecular weight excluding hydrogens is 214 g/mol. The molecule has 16 heavy (non-hydrogen) atoms. The van der Waals surface area contributed by atoms with Crippen molar-refractivity contribution in [3.05, 3.63) is 42.0 Å². The first-order valence-corrected chi connectivity index (χ1v) is 6.66. The molecule has 1 unspecified atom stereocenters. The maximum absolute atomic E-state index is 6.05. The highest BCUT2D eigenvalue weighted by molar-refractivity contribution is 7.99. The van der Waals surface area contributed by atoms with E-state index in [1.165, 1.54) is 16.0 Å². The van der Waals surface area contributed by atoms with Crippen LogP contribution < -0.4 is 5.73 Å².